The summed E-state index contributed by atoms with van der Waals surface area (Å²) in [4.78, 5) is 53.7. The Morgan fingerprint density at radius 1 is 1.02 bits per heavy atom. The van der Waals surface area contributed by atoms with Crippen LogP contribution in [0.4, 0.5) is 0 Å². The van der Waals surface area contributed by atoms with Gasteiger partial charge in [0.15, 0.2) is 6.04 Å². The van der Waals surface area contributed by atoms with Crippen LogP contribution in [0.25, 0.3) is 0 Å². The third-order valence-corrected chi connectivity index (χ3v) is 7.72. The van der Waals surface area contributed by atoms with E-state index in [1.807, 2.05) is 6.07 Å². The molecule has 0 saturated carbocycles. The quantitative estimate of drug-likeness (QED) is 0.169. The number of carbonyl (C=O) groups excluding carboxylic acids is 3. The number of phenols is 1. The molecule has 0 aliphatic carbocycles. The second kappa shape index (κ2) is 14.7. The van der Waals surface area contributed by atoms with Crippen LogP contribution in [0, 0.1) is 13.8 Å². The van der Waals surface area contributed by atoms with E-state index in [1.165, 1.54) is 6.92 Å². The standard InChI is InChI=1S/C29H40N4O6S2/c1-5-21(30)26(36)33(24(28(38)39)29(4,41)14-18-9-7-6-8-10-18)27(37)23(15-40)32-25(35)22(31)13-20-16(2)11-19(34)12-17(20)3/h6-12,21-24,34,40-41H,5,13-15,30-31H2,1-4H3,(H,32,35)(H,38,39)/t21?,22-,23+,24-,29?/m0/s1. The van der Waals surface area contributed by atoms with Gasteiger partial charge >= 0.3 is 5.97 Å². The molecule has 0 fully saturated rings. The van der Waals surface area contributed by atoms with Gasteiger partial charge < -0.3 is 27.0 Å². The zero-order chi connectivity index (χ0) is 31.1. The Hall–Kier alpha value is -3.06. The van der Waals surface area contributed by atoms with E-state index < -0.39 is 52.6 Å². The number of nitrogens with one attached hydrogen (secondary N) is 1. The fourth-order valence-corrected chi connectivity index (χ4v) is 5.37. The molecule has 3 amide bonds. The largest absolute Gasteiger partial charge is 0.508 e. The summed E-state index contributed by atoms with van der Waals surface area (Å²) in [6.07, 6.45) is 0.371. The molecule has 2 rings (SSSR count). The van der Waals surface area contributed by atoms with Crippen molar-refractivity contribution in [3.05, 3.63) is 64.7 Å². The topological polar surface area (TPSA) is 176 Å². The number of aryl methyl sites for hydroxylation is 2. The molecular formula is C29H40N4O6S2. The van der Waals surface area contributed by atoms with Crippen LogP contribution in [-0.4, -0.2) is 73.5 Å². The van der Waals surface area contributed by atoms with E-state index in [1.54, 1.807) is 57.2 Å². The molecule has 2 aromatic rings. The van der Waals surface area contributed by atoms with Gasteiger partial charge in [-0.05, 0) is 74.4 Å². The van der Waals surface area contributed by atoms with Crippen molar-refractivity contribution in [1.82, 2.24) is 10.2 Å². The van der Waals surface area contributed by atoms with Gasteiger partial charge in [-0.1, -0.05) is 37.3 Å². The number of rotatable bonds is 13. The molecule has 0 radical (unpaired) electrons. The fraction of sp³-hybridized carbons (Fsp3) is 0.448. The summed E-state index contributed by atoms with van der Waals surface area (Å²) in [6.45, 7) is 6.72. The number of nitrogens with zero attached hydrogens (tertiary/aromatic N) is 1. The van der Waals surface area contributed by atoms with Crippen LogP contribution < -0.4 is 16.8 Å². The first-order chi connectivity index (χ1) is 19.1. The first-order valence-corrected chi connectivity index (χ1v) is 14.3. The Bertz CT molecular complexity index is 1230. The number of thiol groups is 2. The van der Waals surface area contributed by atoms with Crippen molar-refractivity contribution in [2.45, 2.75) is 75.9 Å². The van der Waals surface area contributed by atoms with E-state index in [0.29, 0.717) is 4.90 Å². The van der Waals surface area contributed by atoms with E-state index in [4.69, 9.17) is 11.5 Å². The second-order valence-corrected chi connectivity index (χ2v) is 11.8. The van der Waals surface area contributed by atoms with Crippen molar-refractivity contribution in [3.63, 3.8) is 0 Å². The fourth-order valence-electron chi connectivity index (χ4n) is 4.71. The number of aliphatic carboxylic acids is 1. The van der Waals surface area contributed by atoms with Crippen LogP contribution in [0.15, 0.2) is 42.5 Å². The molecule has 0 saturated heterocycles. The maximum absolute atomic E-state index is 13.9. The Balaban J connectivity index is 2.40. The monoisotopic (exact) mass is 604 g/mol. The number of phenolic OH excluding ortho intramolecular Hbond substituents is 1. The Kier molecular flexibility index (Phi) is 12.3. The van der Waals surface area contributed by atoms with Crippen molar-refractivity contribution in [2.75, 3.05) is 5.75 Å². The normalized spacial score (nSPS) is 15.6. The van der Waals surface area contributed by atoms with E-state index >= 15 is 0 Å². The van der Waals surface area contributed by atoms with Crippen molar-refractivity contribution >= 4 is 48.9 Å². The molecule has 12 heteroatoms. The molecule has 5 atom stereocenters. The second-order valence-electron chi connectivity index (χ2n) is 10.4. The predicted molar refractivity (Wildman–Crippen MR) is 164 cm³/mol. The number of carbonyl (C=O) groups is 4. The van der Waals surface area contributed by atoms with Gasteiger partial charge in [-0.2, -0.15) is 25.3 Å². The van der Waals surface area contributed by atoms with Gasteiger partial charge in [-0.15, -0.1) is 0 Å². The maximum atomic E-state index is 13.9. The van der Waals surface area contributed by atoms with Gasteiger partial charge in [-0.3, -0.25) is 19.3 Å². The van der Waals surface area contributed by atoms with Crippen molar-refractivity contribution in [2.24, 2.45) is 11.5 Å². The Labute approximate surface area is 251 Å². The molecule has 2 aromatic carbocycles. The lowest BCUT2D eigenvalue weighted by Gasteiger charge is -2.40. The minimum Gasteiger partial charge on any atom is -0.508 e. The zero-order valence-electron chi connectivity index (χ0n) is 23.7. The summed E-state index contributed by atoms with van der Waals surface area (Å²) in [5.41, 5.74) is 15.2. The molecule has 2 unspecified atom stereocenters. The van der Waals surface area contributed by atoms with Crippen LogP contribution in [0.3, 0.4) is 0 Å². The van der Waals surface area contributed by atoms with Crippen LogP contribution in [0.5, 0.6) is 5.75 Å². The Morgan fingerprint density at radius 2 is 1.59 bits per heavy atom. The summed E-state index contributed by atoms with van der Waals surface area (Å²) < 4.78 is -1.42. The molecular weight excluding hydrogens is 564 g/mol. The van der Waals surface area contributed by atoms with E-state index in [0.717, 1.165) is 22.3 Å². The van der Waals surface area contributed by atoms with Crippen molar-refractivity contribution < 1.29 is 29.4 Å². The lowest BCUT2D eigenvalue weighted by Crippen LogP contribution is -2.65. The maximum Gasteiger partial charge on any atom is 0.328 e. The lowest BCUT2D eigenvalue weighted by atomic mass is 9.90. The summed E-state index contributed by atoms with van der Waals surface area (Å²) >= 11 is 8.84. The van der Waals surface area contributed by atoms with Gasteiger partial charge in [0.05, 0.1) is 12.1 Å². The molecule has 7 N–H and O–H groups in total. The number of benzene rings is 2. The minimum absolute atomic E-state index is 0.0917. The highest BCUT2D eigenvalue weighted by atomic mass is 32.1. The summed E-state index contributed by atoms with van der Waals surface area (Å²) in [5.74, 6) is -4.18. The summed E-state index contributed by atoms with van der Waals surface area (Å²) in [7, 11) is 0. The SMILES string of the molecule is CCC(N)C(=O)N(C(=O)[C@@H](CS)NC(=O)[C@@H](N)Cc1c(C)cc(O)cc1C)[C@@H](C(=O)O)C(C)(S)Cc1ccccc1. The van der Waals surface area contributed by atoms with Crippen LogP contribution in [0.2, 0.25) is 0 Å². The zero-order valence-corrected chi connectivity index (χ0v) is 25.5. The van der Waals surface area contributed by atoms with Crippen LogP contribution >= 0.6 is 25.3 Å². The number of amides is 3. The lowest BCUT2D eigenvalue weighted by molar-refractivity contribution is -0.161. The molecule has 0 aromatic heterocycles. The first-order valence-electron chi connectivity index (χ1n) is 13.2. The molecule has 10 nitrogen and oxygen atoms in total. The van der Waals surface area contributed by atoms with Gasteiger partial charge in [0, 0.05) is 10.5 Å². The molecule has 0 heterocycles. The van der Waals surface area contributed by atoms with Crippen LogP contribution in [0.1, 0.15) is 42.5 Å². The third-order valence-electron chi connectivity index (χ3n) is 6.96. The smallest absolute Gasteiger partial charge is 0.328 e. The molecule has 0 aliphatic heterocycles. The predicted octanol–water partition coefficient (Wildman–Crippen LogP) is 1.77. The summed E-state index contributed by atoms with van der Waals surface area (Å²) in [5, 5.41) is 22.6. The van der Waals surface area contributed by atoms with Gasteiger partial charge in [0.2, 0.25) is 11.8 Å². The molecule has 0 aliphatic rings. The highest BCUT2D eigenvalue weighted by Gasteiger charge is 2.48. The van der Waals surface area contributed by atoms with Gasteiger partial charge in [0.1, 0.15) is 11.8 Å². The molecule has 41 heavy (non-hydrogen) atoms. The Morgan fingerprint density at radius 3 is 2.07 bits per heavy atom. The van der Waals surface area contributed by atoms with Crippen molar-refractivity contribution in [3.8, 4) is 5.75 Å². The number of aromatic hydroxyl groups is 1. The number of nitrogens with two attached hydrogens (primary N) is 2. The van der Waals surface area contributed by atoms with E-state index in [2.05, 4.69) is 30.6 Å². The average Bonchev–Trinajstić information content (AvgIpc) is 2.90. The van der Waals surface area contributed by atoms with Crippen molar-refractivity contribution in [1.29, 1.82) is 0 Å². The number of imide groups is 1. The summed E-state index contributed by atoms with van der Waals surface area (Å²) in [6, 6.07) is 6.71. The molecule has 224 valence electrons. The van der Waals surface area contributed by atoms with E-state index in [-0.39, 0.29) is 30.8 Å². The number of hydrogen-bond donors (Lipinski definition) is 7. The third kappa shape index (κ3) is 8.71. The average molecular weight is 605 g/mol. The molecule has 0 bridgehead atoms. The highest BCUT2D eigenvalue weighted by Crippen LogP contribution is 2.30. The molecule has 0 spiro atoms. The van der Waals surface area contributed by atoms with Gasteiger partial charge in [-0.25, -0.2) is 4.79 Å². The number of carboxylic acid groups (broad SMARTS) is 1. The highest BCUT2D eigenvalue weighted by molar-refractivity contribution is 7.82. The van der Waals surface area contributed by atoms with Gasteiger partial charge in [0.25, 0.3) is 5.91 Å². The first kappa shape index (κ1) is 34.1. The van der Waals surface area contributed by atoms with E-state index in [9.17, 15) is 29.4 Å². The number of carboxylic acids is 1. The van der Waals surface area contributed by atoms with Crippen LogP contribution in [-0.2, 0) is 32.0 Å². The number of hydrogen-bond acceptors (Lipinski definition) is 9. The minimum atomic E-state index is -1.72.